The molecule has 0 saturated heterocycles. The largest absolute Gasteiger partial charge is 0.313 e. The number of aromatic nitrogens is 1. The lowest BCUT2D eigenvalue weighted by Gasteiger charge is -2.28. The van der Waals surface area contributed by atoms with Crippen LogP contribution in [0.25, 0.3) is 11.1 Å². The maximum Gasteiger partial charge on any atom is 0.161 e. The van der Waals surface area contributed by atoms with Crippen molar-refractivity contribution in [2.24, 2.45) is 0 Å². The molecular formula is C32H29NOP+. The van der Waals surface area contributed by atoms with Crippen molar-refractivity contribution in [3.8, 4) is 0 Å². The van der Waals surface area contributed by atoms with Crippen LogP contribution < -0.4 is 21.2 Å². The van der Waals surface area contributed by atoms with Gasteiger partial charge < -0.3 is 4.40 Å². The summed E-state index contributed by atoms with van der Waals surface area (Å²) in [6.45, 7) is 3.77. The van der Waals surface area contributed by atoms with Crippen LogP contribution in [-0.4, -0.2) is 10.2 Å². The average Bonchev–Trinajstić information content (AvgIpc) is 3.29. The van der Waals surface area contributed by atoms with Crippen LogP contribution in [0.5, 0.6) is 0 Å². The Morgan fingerprint density at radius 1 is 0.743 bits per heavy atom. The van der Waals surface area contributed by atoms with Gasteiger partial charge in [0.05, 0.1) is 0 Å². The summed E-state index contributed by atoms with van der Waals surface area (Å²) >= 11 is 0. The molecule has 3 heteroatoms. The Labute approximate surface area is 207 Å². The zero-order chi connectivity index (χ0) is 24.3. The topological polar surface area (TPSA) is 21.5 Å². The summed E-state index contributed by atoms with van der Waals surface area (Å²) in [5.41, 5.74) is 2.87. The van der Waals surface area contributed by atoms with Crippen LogP contribution in [0.3, 0.4) is 0 Å². The van der Waals surface area contributed by atoms with E-state index in [4.69, 9.17) is 0 Å². The number of nitrogens with zero attached hydrogens (tertiary/aromatic N) is 1. The fourth-order valence-corrected chi connectivity index (χ4v) is 9.52. The molecule has 172 valence electrons. The van der Waals surface area contributed by atoms with Gasteiger partial charge in [0, 0.05) is 23.4 Å². The van der Waals surface area contributed by atoms with E-state index in [-0.39, 0.29) is 5.78 Å². The van der Waals surface area contributed by atoms with E-state index in [9.17, 15) is 4.79 Å². The Bertz CT molecular complexity index is 1390. The van der Waals surface area contributed by atoms with Crippen molar-refractivity contribution in [3.05, 3.63) is 133 Å². The Morgan fingerprint density at radius 3 is 1.69 bits per heavy atom. The van der Waals surface area contributed by atoms with Gasteiger partial charge in [-0.05, 0) is 61.9 Å². The van der Waals surface area contributed by atoms with Crippen molar-refractivity contribution in [2.75, 3.05) is 0 Å². The molecule has 0 aliphatic carbocycles. The van der Waals surface area contributed by atoms with Crippen LogP contribution in [0.2, 0.25) is 0 Å². The minimum atomic E-state index is -2.35. The maximum atomic E-state index is 13.1. The van der Waals surface area contributed by atoms with Crippen molar-refractivity contribution in [3.63, 3.8) is 0 Å². The molecule has 0 unspecified atom stereocenters. The molecule has 3 aromatic carbocycles. The van der Waals surface area contributed by atoms with Crippen molar-refractivity contribution in [2.45, 2.75) is 20.3 Å². The van der Waals surface area contributed by atoms with Crippen LogP contribution >= 0.6 is 7.26 Å². The van der Waals surface area contributed by atoms with Gasteiger partial charge in [0.2, 0.25) is 0 Å². The van der Waals surface area contributed by atoms with E-state index in [2.05, 4.69) is 133 Å². The first-order chi connectivity index (χ1) is 17.2. The van der Waals surface area contributed by atoms with E-state index in [1.165, 1.54) is 21.2 Å². The Balaban J connectivity index is 2.02. The van der Waals surface area contributed by atoms with Crippen molar-refractivity contribution >= 4 is 45.4 Å². The molecule has 0 radical (unpaired) electrons. The molecule has 0 fully saturated rings. The molecule has 0 saturated carbocycles. The van der Waals surface area contributed by atoms with Crippen LogP contribution in [0.15, 0.2) is 128 Å². The smallest absolute Gasteiger partial charge is 0.161 e. The summed E-state index contributed by atoms with van der Waals surface area (Å²) in [6.07, 6.45) is 4.95. The standard InChI is InChI=1S/C32H29NOP/c1-3-15-30(25(2)34)32-31(24-26-16-13-14-23-33(26)32)35(27-17-7-4-8-18-27,28-19-9-5-10-20-28)29-21-11-6-12-22-29/h4-24H,3H2,1-2H3/q+1/b30-15+. The summed E-state index contributed by atoms with van der Waals surface area (Å²) in [7, 11) is -2.35. The second-order valence-electron chi connectivity index (χ2n) is 8.63. The Kier molecular flexibility index (Phi) is 6.49. The van der Waals surface area contributed by atoms with Crippen molar-refractivity contribution < 1.29 is 4.79 Å². The minimum Gasteiger partial charge on any atom is -0.313 e. The van der Waals surface area contributed by atoms with Gasteiger partial charge in [-0.2, -0.15) is 0 Å². The van der Waals surface area contributed by atoms with Crippen LogP contribution in [0, 0.1) is 0 Å². The maximum absolute atomic E-state index is 13.1. The number of benzene rings is 3. The fourth-order valence-electron chi connectivity index (χ4n) is 5.06. The van der Waals surface area contributed by atoms with Gasteiger partial charge in [0.1, 0.15) is 34.2 Å². The molecule has 0 atom stereocenters. The van der Waals surface area contributed by atoms with Gasteiger partial charge in [-0.15, -0.1) is 0 Å². The number of hydrogen-bond donors (Lipinski definition) is 0. The third-order valence-electron chi connectivity index (χ3n) is 6.49. The number of fused-ring (bicyclic) bond motifs is 1. The molecule has 5 rings (SSSR count). The van der Waals surface area contributed by atoms with E-state index in [1.807, 2.05) is 6.07 Å². The molecule has 2 nitrogen and oxygen atoms in total. The first-order valence-electron chi connectivity index (χ1n) is 12.1. The van der Waals surface area contributed by atoms with E-state index in [0.717, 1.165) is 23.2 Å². The quantitative estimate of drug-likeness (QED) is 0.211. The molecular weight excluding hydrogens is 445 g/mol. The van der Waals surface area contributed by atoms with E-state index < -0.39 is 7.26 Å². The second-order valence-corrected chi connectivity index (χ2v) is 12.0. The first kappa shape index (κ1) is 23.0. The van der Waals surface area contributed by atoms with Gasteiger partial charge in [0.15, 0.2) is 5.78 Å². The number of carbonyl (C=O) groups is 1. The van der Waals surface area contributed by atoms with Crippen LogP contribution in [0.1, 0.15) is 26.0 Å². The molecule has 0 bridgehead atoms. The number of ketones is 1. The number of hydrogen-bond acceptors (Lipinski definition) is 1. The predicted molar refractivity (Wildman–Crippen MR) is 151 cm³/mol. The second kappa shape index (κ2) is 9.86. The monoisotopic (exact) mass is 474 g/mol. The number of carbonyl (C=O) groups excluding carboxylic acids is 1. The lowest BCUT2D eigenvalue weighted by Crippen LogP contribution is -2.39. The Hall–Kier alpha value is -3.74. The van der Waals surface area contributed by atoms with Crippen molar-refractivity contribution in [1.82, 2.24) is 4.40 Å². The van der Waals surface area contributed by atoms with Crippen LogP contribution in [-0.2, 0) is 4.79 Å². The van der Waals surface area contributed by atoms with E-state index >= 15 is 0 Å². The molecule has 2 heterocycles. The summed E-state index contributed by atoms with van der Waals surface area (Å²) in [5.74, 6) is 0.0873. The molecule has 35 heavy (non-hydrogen) atoms. The summed E-state index contributed by atoms with van der Waals surface area (Å²) < 4.78 is 2.20. The minimum absolute atomic E-state index is 0.0873. The third-order valence-corrected chi connectivity index (χ3v) is 10.8. The normalized spacial score (nSPS) is 12.1. The zero-order valence-electron chi connectivity index (χ0n) is 20.1. The lowest BCUT2D eigenvalue weighted by atomic mass is 10.1. The summed E-state index contributed by atoms with van der Waals surface area (Å²) in [4.78, 5) is 13.1. The number of rotatable bonds is 7. The van der Waals surface area contributed by atoms with Gasteiger partial charge >= 0.3 is 0 Å². The van der Waals surface area contributed by atoms with Gasteiger partial charge in [-0.3, -0.25) is 4.79 Å². The lowest BCUT2D eigenvalue weighted by molar-refractivity contribution is -0.111. The molecule has 2 aromatic heterocycles. The molecule has 0 amide bonds. The third kappa shape index (κ3) is 3.95. The van der Waals surface area contributed by atoms with Gasteiger partial charge in [-0.25, -0.2) is 0 Å². The van der Waals surface area contributed by atoms with Gasteiger partial charge in [0.25, 0.3) is 0 Å². The number of Topliss-reactive ketones (excluding diaryl/α,β-unsaturated/α-hetero) is 1. The highest BCUT2D eigenvalue weighted by Crippen LogP contribution is 2.56. The average molecular weight is 475 g/mol. The number of allylic oxidation sites excluding steroid dienone is 2. The Morgan fingerprint density at radius 2 is 1.23 bits per heavy atom. The highest BCUT2D eigenvalue weighted by Gasteiger charge is 2.50. The highest BCUT2D eigenvalue weighted by molar-refractivity contribution is 8.01. The molecule has 0 spiro atoms. The predicted octanol–water partition coefficient (Wildman–Crippen LogP) is 5.94. The SMILES string of the molecule is CC/C=C(\C(C)=O)c1c([P+](c2ccccc2)(c2ccccc2)c2ccccc2)cc2ccccn12. The zero-order valence-corrected chi connectivity index (χ0v) is 21.0. The molecule has 0 N–H and O–H groups in total. The van der Waals surface area contributed by atoms with E-state index in [1.54, 1.807) is 6.92 Å². The number of pyridine rings is 1. The summed E-state index contributed by atoms with van der Waals surface area (Å²) in [6, 6.07) is 41.0. The summed E-state index contributed by atoms with van der Waals surface area (Å²) in [5, 5.41) is 5.03. The molecule has 5 aromatic rings. The fraction of sp³-hybridized carbons (Fsp3) is 0.0938. The molecule has 0 aliphatic rings. The van der Waals surface area contributed by atoms with E-state index in [0.29, 0.717) is 0 Å². The van der Waals surface area contributed by atoms with Gasteiger partial charge in [-0.1, -0.05) is 73.7 Å². The van der Waals surface area contributed by atoms with Crippen molar-refractivity contribution in [1.29, 1.82) is 0 Å². The first-order valence-corrected chi connectivity index (χ1v) is 13.8. The molecule has 0 aliphatic heterocycles. The van der Waals surface area contributed by atoms with Crippen LogP contribution in [0.4, 0.5) is 0 Å². The highest BCUT2D eigenvalue weighted by atomic mass is 31.2.